The second kappa shape index (κ2) is 14.5. The first-order valence-electron chi connectivity index (χ1n) is 20.8. The second-order valence-electron chi connectivity index (χ2n) is 17.5. The molecule has 5 aliphatic heterocycles. The number of likely N-dealkylation sites (tertiary alicyclic amines) is 1. The van der Waals surface area contributed by atoms with Crippen molar-refractivity contribution in [3.63, 3.8) is 0 Å². The summed E-state index contributed by atoms with van der Waals surface area (Å²) in [4.78, 5) is 58.4. The average molecular weight is 782 g/mol. The van der Waals surface area contributed by atoms with Gasteiger partial charge in [0.25, 0.3) is 11.8 Å². The van der Waals surface area contributed by atoms with Crippen LogP contribution >= 0.6 is 0 Å². The van der Waals surface area contributed by atoms with Crippen molar-refractivity contribution in [2.24, 2.45) is 5.92 Å². The molecule has 4 aromatic carbocycles. The number of phenols is 1. The summed E-state index contributed by atoms with van der Waals surface area (Å²) in [7, 11) is 0. The second-order valence-corrected chi connectivity index (χ2v) is 17.5. The van der Waals surface area contributed by atoms with Gasteiger partial charge in [0.2, 0.25) is 11.8 Å². The number of imide groups is 2. The van der Waals surface area contributed by atoms with Crippen LogP contribution in [0.1, 0.15) is 98.0 Å². The molecule has 0 aromatic heterocycles. The zero-order valence-electron chi connectivity index (χ0n) is 32.5. The van der Waals surface area contributed by atoms with E-state index in [4.69, 9.17) is 0 Å². The van der Waals surface area contributed by atoms with E-state index < -0.39 is 35.3 Å². The lowest BCUT2D eigenvalue weighted by molar-refractivity contribution is -0.136. The molecule has 0 radical (unpaired) electrons. The van der Waals surface area contributed by atoms with Gasteiger partial charge in [-0.1, -0.05) is 48.5 Å². The molecule has 58 heavy (non-hydrogen) atoms. The molecule has 0 bridgehead atoms. The van der Waals surface area contributed by atoms with Crippen LogP contribution in [0.2, 0.25) is 0 Å². The molecule has 3 fully saturated rings. The van der Waals surface area contributed by atoms with Crippen molar-refractivity contribution >= 4 is 29.3 Å². The van der Waals surface area contributed by atoms with Crippen molar-refractivity contribution < 1.29 is 28.7 Å². The number of hydrogen-bond donors (Lipinski definition) is 2. The Kier molecular flexibility index (Phi) is 9.20. The van der Waals surface area contributed by atoms with E-state index in [1.165, 1.54) is 27.9 Å². The Bertz CT molecular complexity index is 2260. The Labute approximate surface area is 337 Å². The number of alkyl halides is 1. The van der Waals surface area contributed by atoms with Gasteiger partial charge in [0, 0.05) is 70.4 Å². The van der Waals surface area contributed by atoms with Crippen LogP contribution in [-0.4, -0.2) is 94.4 Å². The fourth-order valence-electron chi connectivity index (χ4n) is 10.8. The number of phenolic OH excluding ortho intramolecular Hbond substituents is 1. The van der Waals surface area contributed by atoms with Crippen molar-refractivity contribution in [3.05, 3.63) is 129 Å². The van der Waals surface area contributed by atoms with E-state index in [-0.39, 0.29) is 29.9 Å². The molecule has 11 heteroatoms. The molecule has 10 rings (SSSR count). The fourth-order valence-corrected chi connectivity index (χ4v) is 10.8. The Morgan fingerprint density at radius 1 is 0.724 bits per heavy atom. The largest absolute Gasteiger partial charge is 0.508 e. The summed E-state index contributed by atoms with van der Waals surface area (Å²) in [6.07, 6.45) is 4.33. The molecule has 1 aliphatic carbocycles. The first-order chi connectivity index (χ1) is 28.1. The van der Waals surface area contributed by atoms with Crippen LogP contribution in [0.5, 0.6) is 5.75 Å². The smallest absolute Gasteiger partial charge is 0.262 e. The van der Waals surface area contributed by atoms with Crippen LogP contribution in [0, 0.1) is 5.92 Å². The predicted molar refractivity (Wildman–Crippen MR) is 216 cm³/mol. The van der Waals surface area contributed by atoms with Gasteiger partial charge < -0.3 is 10.0 Å². The number of nitrogens with zero attached hydrogens (tertiary/aromatic N) is 4. The number of piperidine rings is 2. The first kappa shape index (κ1) is 36.9. The number of aromatic hydroxyl groups is 1. The summed E-state index contributed by atoms with van der Waals surface area (Å²) in [6.45, 7) is 4.96. The molecule has 3 atom stereocenters. The van der Waals surface area contributed by atoms with Crippen LogP contribution in [0.15, 0.2) is 84.9 Å². The Balaban J connectivity index is 0.715. The first-order valence-corrected chi connectivity index (χ1v) is 20.8. The van der Waals surface area contributed by atoms with Gasteiger partial charge in [-0.05, 0) is 114 Å². The molecule has 2 N–H and O–H groups in total. The number of halogens is 1. The maximum Gasteiger partial charge on any atom is 0.262 e. The minimum Gasteiger partial charge on any atom is -0.508 e. The van der Waals surface area contributed by atoms with Gasteiger partial charge in [0.05, 0.1) is 11.1 Å². The van der Waals surface area contributed by atoms with E-state index >= 15 is 4.39 Å². The van der Waals surface area contributed by atoms with Crippen molar-refractivity contribution in [3.8, 4) is 5.75 Å². The zero-order valence-corrected chi connectivity index (χ0v) is 32.5. The van der Waals surface area contributed by atoms with Gasteiger partial charge >= 0.3 is 0 Å². The lowest BCUT2D eigenvalue weighted by Gasteiger charge is -2.48. The van der Waals surface area contributed by atoms with Gasteiger partial charge in [-0.3, -0.25) is 39.2 Å². The Morgan fingerprint density at radius 2 is 1.41 bits per heavy atom. The van der Waals surface area contributed by atoms with E-state index in [2.05, 4.69) is 80.7 Å². The minimum absolute atomic E-state index is 0.0780. The summed E-state index contributed by atoms with van der Waals surface area (Å²) >= 11 is 0. The van der Waals surface area contributed by atoms with Gasteiger partial charge in [-0.25, -0.2) is 4.39 Å². The minimum atomic E-state index is -1.31. The van der Waals surface area contributed by atoms with Gasteiger partial charge in [-0.2, -0.15) is 0 Å². The van der Waals surface area contributed by atoms with E-state index in [9.17, 15) is 24.3 Å². The van der Waals surface area contributed by atoms with Crippen LogP contribution in [0.25, 0.3) is 0 Å². The monoisotopic (exact) mass is 781 g/mol. The van der Waals surface area contributed by atoms with Crippen molar-refractivity contribution in [2.75, 3.05) is 44.2 Å². The average Bonchev–Trinajstić information content (AvgIpc) is 3.71. The highest BCUT2D eigenvalue weighted by Crippen LogP contribution is 2.47. The summed E-state index contributed by atoms with van der Waals surface area (Å²) in [5.74, 6) is -0.609. The number of benzene rings is 4. The summed E-state index contributed by atoms with van der Waals surface area (Å²) < 4.78 is 16.1. The predicted octanol–water partition coefficient (Wildman–Crippen LogP) is 5.91. The van der Waals surface area contributed by atoms with Crippen LogP contribution in [0.4, 0.5) is 10.1 Å². The molecule has 4 aromatic rings. The molecule has 0 saturated carbocycles. The van der Waals surface area contributed by atoms with E-state index in [1.807, 2.05) is 12.1 Å². The SMILES string of the molecule is O=C1CCC(N2C(=O)c3cc4c(cc3C2=O)CN(CC2(F)CN(CC3CCN(c5ccc([C@@H]6c7ccc(O)cc7CC[C@@H]6c6ccccc6)cc5)CC3)C2)C4)C(=O)N1. The van der Waals surface area contributed by atoms with Crippen molar-refractivity contribution in [1.82, 2.24) is 20.0 Å². The third kappa shape index (κ3) is 6.67. The molecule has 298 valence electrons. The number of nitrogens with one attached hydrogen (secondary N) is 1. The van der Waals surface area contributed by atoms with E-state index in [1.54, 1.807) is 12.1 Å². The summed E-state index contributed by atoms with van der Waals surface area (Å²) in [5, 5.41) is 12.5. The molecule has 10 nitrogen and oxygen atoms in total. The maximum atomic E-state index is 16.1. The highest BCUT2D eigenvalue weighted by molar-refractivity contribution is 6.23. The van der Waals surface area contributed by atoms with Gasteiger partial charge in [0.15, 0.2) is 0 Å². The van der Waals surface area contributed by atoms with Gasteiger partial charge in [-0.15, -0.1) is 0 Å². The number of anilines is 1. The molecular formula is C47H48FN5O5. The Morgan fingerprint density at radius 3 is 2.09 bits per heavy atom. The molecule has 5 heterocycles. The third-order valence-electron chi connectivity index (χ3n) is 13.6. The summed E-state index contributed by atoms with van der Waals surface area (Å²) in [6, 6.07) is 28.3. The van der Waals surface area contributed by atoms with E-state index in [0.717, 1.165) is 61.3 Å². The molecule has 0 spiro atoms. The molecule has 1 unspecified atom stereocenters. The van der Waals surface area contributed by atoms with Crippen LogP contribution in [-0.2, 0) is 29.1 Å². The topological polar surface area (TPSA) is 114 Å². The number of rotatable bonds is 8. The molecular weight excluding hydrogens is 734 g/mol. The van der Waals surface area contributed by atoms with Crippen molar-refractivity contribution in [2.45, 2.75) is 75.2 Å². The zero-order chi connectivity index (χ0) is 39.7. The molecule has 4 amide bonds. The lowest BCUT2D eigenvalue weighted by Crippen LogP contribution is -2.64. The molecule has 6 aliphatic rings. The van der Waals surface area contributed by atoms with Crippen molar-refractivity contribution in [1.29, 1.82) is 0 Å². The maximum absolute atomic E-state index is 16.1. The van der Waals surface area contributed by atoms with Crippen LogP contribution in [0.3, 0.4) is 0 Å². The number of aryl methyl sites for hydroxylation is 1. The highest BCUT2D eigenvalue weighted by atomic mass is 19.1. The quantitative estimate of drug-likeness (QED) is 0.212. The van der Waals surface area contributed by atoms with E-state index in [0.29, 0.717) is 50.3 Å². The Hall–Kier alpha value is -5.39. The number of fused-ring (bicyclic) bond motifs is 3. The van der Waals surface area contributed by atoms with Gasteiger partial charge in [0.1, 0.15) is 17.5 Å². The third-order valence-corrected chi connectivity index (χ3v) is 13.6. The summed E-state index contributed by atoms with van der Waals surface area (Å²) in [5.41, 5.74) is 7.49. The standard InChI is InChI=1S/C47H48FN5O5/c48-47(26-50-24-33-21-39-40(22-34(33)25-50)46(58)53(45(39)57)41-14-15-42(55)49-44(41)56)27-51(28-47)23-29-16-18-52(19-17-29)35-9-6-31(7-10-35)43-37(30-4-2-1-3-5-30)12-8-32-20-36(54)11-13-38(32)43/h1-7,9-11,13,20-22,29,37,41,43,54H,8,12,14-19,23-28H2,(H,49,55,56)/t37-,41?,43+/m1/s1. The number of carbonyl (C=O) groups excluding carboxylic acids is 4. The number of hydrogen-bond acceptors (Lipinski definition) is 8. The fraction of sp³-hybridized carbons (Fsp3) is 0.404. The lowest BCUT2D eigenvalue weighted by atomic mass is 9.69. The van der Waals surface area contributed by atoms with Crippen LogP contribution < -0.4 is 10.2 Å². The normalized spacial score (nSPS) is 24.7. The number of amides is 4. The number of carbonyl (C=O) groups is 4. The highest BCUT2D eigenvalue weighted by Gasteiger charge is 2.48. The molecule has 3 saturated heterocycles.